The van der Waals surface area contributed by atoms with Gasteiger partial charge in [0.25, 0.3) is 0 Å². The predicted octanol–water partition coefficient (Wildman–Crippen LogP) is 7.14. The molecule has 3 aromatic carbocycles. The largest absolute Gasteiger partial charge is 0.481 e. The second kappa shape index (κ2) is 12.1. The number of benzene rings is 3. The highest BCUT2D eigenvalue weighted by molar-refractivity contribution is 6.07. The molecule has 0 spiro atoms. The number of rotatable bonds is 9. The van der Waals surface area contributed by atoms with Crippen molar-refractivity contribution in [2.75, 3.05) is 10.2 Å². The van der Waals surface area contributed by atoms with Gasteiger partial charge in [-0.15, -0.1) is 0 Å². The SMILES string of the molecule is O=C(O)CCCC=C(c1ccc(NC(=O)N(c2ccccc2)c2ccccc2)cc1)c1cccnc1. The maximum Gasteiger partial charge on any atom is 0.330 e. The summed E-state index contributed by atoms with van der Waals surface area (Å²) < 4.78 is 0. The molecule has 0 atom stereocenters. The summed E-state index contributed by atoms with van der Waals surface area (Å²) in [6.45, 7) is 0. The molecular weight excluding hydrogens is 450 g/mol. The highest BCUT2D eigenvalue weighted by atomic mass is 16.4. The van der Waals surface area contributed by atoms with E-state index in [1.54, 1.807) is 17.3 Å². The van der Waals surface area contributed by atoms with E-state index in [0.717, 1.165) is 28.1 Å². The molecule has 2 N–H and O–H groups in total. The van der Waals surface area contributed by atoms with Crippen molar-refractivity contribution >= 4 is 34.6 Å². The molecular formula is C30H27N3O3. The number of carbonyl (C=O) groups is 2. The third kappa shape index (κ3) is 6.45. The van der Waals surface area contributed by atoms with Gasteiger partial charge in [0.05, 0.1) is 11.4 Å². The lowest BCUT2D eigenvalue weighted by atomic mass is 9.97. The molecule has 0 aliphatic carbocycles. The van der Waals surface area contributed by atoms with Gasteiger partial charge < -0.3 is 10.4 Å². The van der Waals surface area contributed by atoms with Crippen LogP contribution in [0.3, 0.4) is 0 Å². The van der Waals surface area contributed by atoms with Crippen LogP contribution in [0.4, 0.5) is 21.9 Å². The van der Waals surface area contributed by atoms with Crippen LogP contribution in [0.2, 0.25) is 0 Å². The molecule has 4 aromatic rings. The summed E-state index contributed by atoms with van der Waals surface area (Å²) in [5.41, 5.74) is 5.07. The van der Waals surface area contributed by atoms with Gasteiger partial charge in [-0.05, 0) is 66.4 Å². The van der Waals surface area contributed by atoms with Gasteiger partial charge in [-0.25, -0.2) is 4.79 Å². The highest BCUT2D eigenvalue weighted by Gasteiger charge is 2.18. The van der Waals surface area contributed by atoms with Gasteiger partial charge in [0, 0.05) is 30.1 Å². The molecule has 0 unspecified atom stereocenters. The number of anilines is 3. The normalized spacial score (nSPS) is 11.1. The van der Waals surface area contributed by atoms with Crippen molar-refractivity contribution in [2.45, 2.75) is 19.3 Å². The number of carbonyl (C=O) groups excluding carboxylic acids is 1. The van der Waals surface area contributed by atoms with Crippen LogP contribution < -0.4 is 10.2 Å². The van der Waals surface area contributed by atoms with E-state index < -0.39 is 5.97 Å². The van der Waals surface area contributed by atoms with E-state index >= 15 is 0 Å². The van der Waals surface area contributed by atoms with Crippen molar-refractivity contribution in [1.29, 1.82) is 0 Å². The molecule has 0 aliphatic rings. The number of para-hydroxylation sites is 2. The van der Waals surface area contributed by atoms with Crippen molar-refractivity contribution in [1.82, 2.24) is 4.98 Å². The van der Waals surface area contributed by atoms with E-state index in [1.807, 2.05) is 103 Å². The van der Waals surface area contributed by atoms with Crippen LogP contribution in [0.5, 0.6) is 0 Å². The fourth-order valence-corrected chi connectivity index (χ4v) is 3.87. The summed E-state index contributed by atoms with van der Waals surface area (Å²) in [6, 6.07) is 30.2. The Bertz CT molecular complexity index is 1270. The summed E-state index contributed by atoms with van der Waals surface area (Å²) in [6.07, 6.45) is 6.87. The maximum absolute atomic E-state index is 13.3. The summed E-state index contributed by atoms with van der Waals surface area (Å²) in [5, 5.41) is 11.9. The summed E-state index contributed by atoms with van der Waals surface area (Å²) >= 11 is 0. The van der Waals surface area contributed by atoms with E-state index in [9.17, 15) is 9.59 Å². The summed E-state index contributed by atoms with van der Waals surface area (Å²) in [5.74, 6) is -0.800. The van der Waals surface area contributed by atoms with Crippen molar-refractivity contribution in [3.8, 4) is 0 Å². The van der Waals surface area contributed by atoms with Gasteiger partial charge in [0.15, 0.2) is 0 Å². The molecule has 6 nitrogen and oxygen atoms in total. The molecule has 2 amide bonds. The number of hydrogen-bond acceptors (Lipinski definition) is 3. The second-order valence-corrected chi connectivity index (χ2v) is 8.16. The van der Waals surface area contributed by atoms with Crippen LogP contribution in [-0.4, -0.2) is 22.1 Å². The van der Waals surface area contributed by atoms with Crippen molar-refractivity contribution < 1.29 is 14.7 Å². The number of carboxylic acid groups (broad SMARTS) is 1. The Hall–Kier alpha value is -4.71. The number of hydrogen-bond donors (Lipinski definition) is 2. The van der Waals surface area contributed by atoms with E-state index in [1.165, 1.54) is 0 Å². The number of unbranched alkanes of at least 4 members (excludes halogenated alkanes) is 1. The number of nitrogens with zero attached hydrogens (tertiary/aromatic N) is 2. The van der Waals surface area contributed by atoms with Gasteiger partial charge in [-0.1, -0.05) is 60.7 Å². The molecule has 1 aromatic heterocycles. The first-order chi connectivity index (χ1) is 17.6. The van der Waals surface area contributed by atoms with E-state index in [0.29, 0.717) is 18.5 Å². The van der Waals surface area contributed by atoms with E-state index in [2.05, 4.69) is 10.3 Å². The topological polar surface area (TPSA) is 82.5 Å². The smallest absolute Gasteiger partial charge is 0.330 e. The lowest BCUT2D eigenvalue weighted by Crippen LogP contribution is -2.30. The lowest BCUT2D eigenvalue weighted by molar-refractivity contribution is -0.137. The van der Waals surface area contributed by atoms with Gasteiger partial charge in [-0.2, -0.15) is 0 Å². The Morgan fingerprint density at radius 1 is 0.806 bits per heavy atom. The van der Waals surface area contributed by atoms with Crippen LogP contribution in [-0.2, 0) is 4.79 Å². The van der Waals surface area contributed by atoms with Crippen LogP contribution in [0.1, 0.15) is 30.4 Å². The fourth-order valence-electron chi connectivity index (χ4n) is 3.87. The molecule has 0 bridgehead atoms. The molecule has 0 saturated carbocycles. The zero-order valence-corrected chi connectivity index (χ0v) is 19.7. The highest BCUT2D eigenvalue weighted by Crippen LogP contribution is 2.28. The Balaban J connectivity index is 1.55. The number of nitrogens with one attached hydrogen (secondary N) is 1. The molecule has 4 rings (SSSR count). The third-order valence-electron chi connectivity index (χ3n) is 5.59. The standard InChI is InChI=1S/C30H27N3O3/c34-29(35)16-8-7-15-28(24-10-9-21-31-22-24)23-17-19-25(20-18-23)32-30(36)33(26-11-3-1-4-12-26)27-13-5-2-6-14-27/h1-6,9-15,17-22H,7-8,16H2,(H,32,36)(H,34,35). The van der Waals surface area contributed by atoms with E-state index in [4.69, 9.17) is 5.11 Å². The lowest BCUT2D eigenvalue weighted by Gasteiger charge is -2.23. The number of aromatic nitrogens is 1. The minimum atomic E-state index is -0.800. The van der Waals surface area contributed by atoms with Gasteiger partial charge in [0.1, 0.15) is 0 Å². The minimum Gasteiger partial charge on any atom is -0.481 e. The van der Waals surface area contributed by atoms with Crippen LogP contribution in [0, 0.1) is 0 Å². The van der Waals surface area contributed by atoms with Gasteiger partial charge >= 0.3 is 12.0 Å². The monoisotopic (exact) mass is 477 g/mol. The third-order valence-corrected chi connectivity index (χ3v) is 5.59. The van der Waals surface area contributed by atoms with Gasteiger partial charge in [-0.3, -0.25) is 14.7 Å². The summed E-state index contributed by atoms with van der Waals surface area (Å²) in [4.78, 5) is 30.1. The van der Waals surface area contributed by atoms with Crippen LogP contribution >= 0.6 is 0 Å². The Morgan fingerprint density at radius 2 is 1.44 bits per heavy atom. The maximum atomic E-state index is 13.3. The van der Waals surface area contributed by atoms with Crippen LogP contribution in [0.15, 0.2) is 116 Å². The predicted molar refractivity (Wildman–Crippen MR) is 143 cm³/mol. The first-order valence-corrected chi connectivity index (χ1v) is 11.8. The molecule has 0 saturated heterocycles. The molecule has 180 valence electrons. The number of carboxylic acids is 1. The molecule has 36 heavy (non-hydrogen) atoms. The van der Waals surface area contributed by atoms with Crippen molar-refractivity contribution in [2.24, 2.45) is 0 Å². The number of allylic oxidation sites excluding steroid dienone is 1. The second-order valence-electron chi connectivity index (χ2n) is 8.16. The minimum absolute atomic E-state index is 0.126. The number of urea groups is 1. The number of aliphatic carboxylic acids is 1. The first-order valence-electron chi connectivity index (χ1n) is 11.8. The molecule has 6 heteroatoms. The zero-order valence-electron chi connectivity index (χ0n) is 19.7. The summed E-state index contributed by atoms with van der Waals surface area (Å²) in [7, 11) is 0. The zero-order chi connectivity index (χ0) is 25.2. The molecule has 0 fully saturated rings. The quantitative estimate of drug-likeness (QED) is 0.251. The van der Waals surface area contributed by atoms with Gasteiger partial charge in [0.2, 0.25) is 0 Å². The molecule has 1 heterocycles. The fraction of sp³-hybridized carbons (Fsp3) is 0.100. The molecule has 0 aliphatic heterocycles. The Morgan fingerprint density at radius 3 is 2.00 bits per heavy atom. The Kier molecular flexibility index (Phi) is 8.22. The molecule has 0 radical (unpaired) electrons. The van der Waals surface area contributed by atoms with Crippen LogP contribution in [0.25, 0.3) is 5.57 Å². The van der Waals surface area contributed by atoms with Crippen molar-refractivity contribution in [3.05, 3.63) is 127 Å². The average Bonchev–Trinajstić information content (AvgIpc) is 2.91. The first kappa shape index (κ1) is 24.4. The van der Waals surface area contributed by atoms with Crippen molar-refractivity contribution in [3.63, 3.8) is 0 Å². The number of amides is 2. The number of pyridine rings is 1. The van der Waals surface area contributed by atoms with E-state index in [-0.39, 0.29) is 12.5 Å². The average molecular weight is 478 g/mol. The Labute approximate surface area is 210 Å².